The van der Waals surface area contributed by atoms with E-state index in [-0.39, 0.29) is 92.0 Å². The van der Waals surface area contributed by atoms with Gasteiger partial charge >= 0.3 is 92.4 Å². The van der Waals surface area contributed by atoms with Crippen molar-refractivity contribution in [3.05, 3.63) is 36.4 Å². The smallest absolute Gasteiger partial charge is 0.791 e. The number of carbonyl (C=O) groups is 8. The van der Waals surface area contributed by atoms with Crippen LogP contribution >= 0.6 is 0 Å². The van der Waals surface area contributed by atoms with Gasteiger partial charge in [-0.2, -0.15) is 34.5 Å². The van der Waals surface area contributed by atoms with E-state index in [9.17, 15) is 38.4 Å². The number of nitrogens with zero attached hydrogens (tertiary/aromatic N) is 4. The molecule has 0 aliphatic rings. The van der Waals surface area contributed by atoms with Crippen molar-refractivity contribution in [2.75, 3.05) is 34.5 Å². The molecule has 28 nitrogen and oxygen atoms in total. The van der Waals surface area contributed by atoms with Crippen molar-refractivity contribution >= 4 is 124 Å². The molecule has 24 N–H and O–H groups in total. The van der Waals surface area contributed by atoms with E-state index in [1.54, 1.807) is 0 Å². The Morgan fingerprint density at radius 3 is 0.621 bits per heavy atom. The number of carboxylic acid groups (broad SMARTS) is 8. The molecule has 2 aromatic heterocycles. The van der Waals surface area contributed by atoms with Crippen LogP contribution in [0.2, 0.25) is 0 Å². The second kappa shape index (κ2) is 51.6. The van der Waals surface area contributed by atoms with E-state index in [1.807, 2.05) is 0 Å². The minimum Gasteiger partial charge on any atom is -0.791 e. The SMILES string of the molecule is N[C@@H](C[S-])C(=O)O.N[C@@H](C[S-])C(=O)O.N[C@@H](C[S-])C(=O)O.N[C@@H](C[S-])C(=O)O.N[C@@H](C[S-])C(=O)O.N[C@@H](C[S-])C(=O)O.N[C@@H](Cc1c[n-]cn1)C(=O)O.N[C@@H](Cc1c[n-]cn1)C(=O)O.[H+].[H+].[H+].[H+].[Zn+2].[Zn+2]. The van der Waals surface area contributed by atoms with Crippen LogP contribution in [0.25, 0.3) is 0 Å². The third-order valence-corrected chi connectivity index (χ3v) is 7.66. The van der Waals surface area contributed by atoms with E-state index in [2.05, 4.69) is 95.7 Å². The molecule has 0 aliphatic heterocycles. The molecule has 0 aliphatic carbocycles. The van der Waals surface area contributed by atoms with Crippen LogP contribution in [0.15, 0.2) is 25.0 Å². The molecule has 36 heteroatoms. The normalized spacial score (nSPS) is 12.8. The molecule has 0 saturated heterocycles. The molecule has 66 heavy (non-hydrogen) atoms. The fourth-order valence-electron chi connectivity index (χ4n) is 1.78. The second-order valence-corrected chi connectivity index (χ2v) is 13.0. The number of hydrogen-bond acceptors (Lipinski definition) is 24. The molecule has 2 rings (SSSR count). The molecule has 0 saturated carbocycles. The van der Waals surface area contributed by atoms with Crippen LogP contribution in [0.1, 0.15) is 17.1 Å². The van der Waals surface area contributed by atoms with Crippen LogP contribution < -0.4 is 55.8 Å². The fraction of sp³-hybridized carbons (Fsp3) is 0.533. The Morgan fingerprint density at radius 2 is 0.545 bits per heavy atom. The monoisotopic (exact) mass is 1160 g/mol. The van der Waals surface area contributed by atoms with Crippen molar-refractivity contribution < 1.29 is 124 Å². The standard InChI is InChI=1S/2C6H9N3O2.6C3H7NO2S.2Zn/c2*7-5(6(10)11)1-4-2-8-3-9-4;6*4-2(1-7)3(5)6;;/h2*2-3,5H,1,7H2,(H2,8,9,10,11);6*2,7H,1,4H2,(H,5,6);;/q;;;;;;;;2*+2/p-4/t2*5-;6*2-;;/m00000000../s1. The van der Waals surface area contributed by atoms with Crippen LogP contribution in [0.3, 0.4) is 0 Å². The summed E-state index contributed by atoms with van der Waals surface area (Å²) in [6.45, 7) is 0. The average molecular weight is 1160 g/mol. The molecule has 372 valence electrons. The zero-order valence-corrected chi connectivity index (χ0v) is 45.5. The predicted octanol–water partition coefficient (Wildman–Crippen LogP) is -7.90. The van der Waals surface area contributed by atoms with Gasteiger partial charge in [0.25, 0.3) is 0 Å². The van der Waals surface area contributed by atoms with Gasteiger partial charge in [0, 0.05) is 0 Å². The Hall–Kier alpha value is -2.79. The number of hydrogen-bond donors (Lipinski definition) is 16. The first-order valence-electron chi connectivity index (χ1n) is 16.7. The first kappa shape index (κ1) is 80.3. The van der Waals surface area contributed by atoms with E-state index < -0.39 is 96.1 Å². The van der Waals surface area contributed by atoms with Gasteiger partial charge in [-0.05, 0) is 12.8 Å². The number of aromatic nitrogens is 4. The Bertz CT molecular complexity index is 1390. The second-order valence-electron chi connectivity index (χ2n) is 11.0. The minimum absolute atomic E-state index is 0. The predicted molar refractivity (Wildman–Crippen MR) is 245 cm³/mol. The Balaban J connectivity index is -0.0000000548. The van der Waals surface area contributed by atoms with Gasteiger partial charge in [-0.15, -0.1) is 0 Å². The quantitative estimate of drug-likeness (QED) is 0.0487. The van der Waals surface area contributed by atoms with Crippen molar-refractivity contribution in [1.29, 1.82) is 0 Å². The maximum atomic E-state index is 10.3. The molecule has 0 unspecified atom stereocenters. The van der Waals surface area contributed by atoms with Crippen LogP contribution in [0.4, 0.5) is 0 Å². The average Bonchev–Trinajstić information content (AvgIpc) is 3.98. The fourth-order valence-corrected chi connectivity index (χ4v) is 2.64. The van der Waals surface area contributed by atoms with Gasteiger partial charge in [-0.3, -0.25) is 38.4 Å². The molecule has 0 aromatic carbocycles. The summed E-state index contributed by atoms with van der Waals surface area (Å²) in [6, 6.07) is -6.96. The molecular weight excluding hydrogens is 1110 g/mol. The van der Waals surface area contributed by atoms with Gasteiger partial charge in [0.15, 0.2) is 0 Å². The molecule has 8 atom stereocenters. The zero-order valence-electron chi connectivity index (χ0n) is 38.7. The number of carboxylic acids is 8. The molecule has 0 amide bonds. The van der Waals surface area contributed by atoms with Crippen LogP contribution in [0, 0.1) is 0 Å². The van der Waals surface area contributed by atoms with Crippen LogP contribution in [-0.2, 0) is 166 Å². The van der Waals surface area contributed by atoms with Crippen LogP contribution in [0.5, 0.6) is 0 Å². The minimum atomic E-state index is -1.03. The van der Waals surface area contributed by atoms with Gasteiger partial charge in [0.05, 0.1) is 36.3 Å². The molecule has 2 heterocycles. The third-order valence-electron chi connectivity index (χ3n) is 5.50. The van der Waals surface area contributed by atoms with Gasteiger partial charge in [0.1, 0.15) is 12.1 Å². The Morgan fingerprint density at radius 1 is 0.394 bits per heavy atom. The molecule has 0 spiro atoms. The van der Waals surface area contributed by atoms with E-state index in [0.717, 1.165) is 0 Å². The first-order chi connectivity index (χ1) is 29.5. The maximum Gasteiger partial charge on any atom is 2.00 e. The number of nitrogens with two attached hydrogens (primary N) is 8. The summed E-state index contributed by atoms with van der Waals surface area (Å²) in [5.74, 6) is -7.76. The summed E-state index contributed by atoms with van der Waals surface area (Å²) in [5, 5.41) is 64.8. The van der Waals surface area contributed by atoms with Crippen molar-refractivity contribution in [3.63, 3.8) is 0 Å². The molecule has 0 fully saturated rings. The largest absolute Gasteiger partial charge is 2.00 e. The summed E-state index contributed by atoms with van der Waals surface area (Å²) < 4.78 is 0. The van der Waals surface area contributed by atoms with Crippen LogP contribution in [-0.4, -0.2) is 181 Å². The molecule has 2 aromatic rings. The Kier molecular flexibility index (Phi) is 62.7. The van der Waals surface area contributed by atoms with E-state index >= 15 is 0 Å². The van der Waals surface area contributed by atoms with Gasteiger partial charge < -0.3 is 182 Å². The number of aliphatic carboxylic acids is 8. The number of imidazole rings is 2. The molecular formula is C30H56N12O16S6Zn2. The van der Waals surface area contributed by atoms with E-state index in [1.165, 1.54) is 25.0 Å². The maximum absolute atomic E-state index is 10.3. The van der Waals surface area contributed by atoms with Crippen molar-refractivity contribution in [2.24, 2.45) is 45.9 Å². The van der Waals surface area contributed by atoms with Crippen molar-refractivity contribution in [1.82, 2.24) is 19.9 Å². The van der Waals surface area contributed by atoms with Gasteiger partial charge in [0.2, 0.25) is 0 Å². The van der Waals surface area contributed by atoms with E-state index in [0.29, 0.717) is 11.4 Å². The zero-order chi connectivity index (χ0) is 51.7. The summed E-state index contributed by atoms with van der Waals surface area (Å²) in [7, 11) is 0. The van der Waals surface area contributed by atoms with Gasteiger partial charge in [-0.25, -0.2) is 0 Å². The first-order valence-corrected chi connectivity index (χ1v) is 20.1. The van der Waals surface area contributed by atoms with Crippen molar-refractivity contribution in [3.8, 4) is 0 Å². The molecule has 0 radical (unpaired) electrons. The third kappa shape index (κ3) is 55.5. The van der Waals surface area contributed by atoms with Crippen molar-refractivity contribution in [2.45, 2.75) is 61.2 Å². The number of rotatable bonds is 18. The summed E-state index contributed by atoms with van der Waals surface area (Å²) in [4.78, 5) is 93.9. The van der Waals surface area contributed by atoms with E-state index in [4.69, 9.17) is 86.7 Å². The summed E-state index contributed by atoms with van der Waals surface area (Å²) in [6.07, 6.45) is 6.20. The molecule has 0 bridgehead atoms. The topological polar surface area (TPSA) is 561 Å². The summed E-state index contributed by atoms with van der Waals surface area (Å²) >= 11 is 26.1. The van der Waals surface area contributed by atoms with Gasteiger partial charge in [-0.1, -0.05) is 36.4 Å². The Labute approximate surface area is 442 Å². The summed E-state index contributed by atoms with van der Waals surface area (Å²) in [5.41, 5.74) is 41.2.